The van der Waals surface area contributed by atoms with Crippen molar-refractivity contribution in [2.24, 2.45) is 0 Å². The fourth-order valence-corrected chi connectivity index (χ4v) is 3.37. The van der Waals surface area contributed by atoms with Gasteiger partial charge in [0.15, 0.2) is 19.1 Å². The molecule has 2 aliphatic rings. The van der Waals surface area contributed by atoms with Gasteiger partial charge in [-0.05, 0) is 20.8 Å². The van der Waals surface area contributed by atoms with Gasteiger partial charge in [0.05, 0.1) is 13.2 Å². The average molecular weight is 514 g/mol. The third-order valence-electron chi connectivity index (χ3n) is 5.07. The van der Waals surface area contributed by atoms with Gasteiger partial charge in [-0.15, -0.1) is 0 Å². The van der Waals surface area contributed by atoms with Crippen LogP contribution in [0, 0.1) is 0 Å². The molecule has 0 aliphatic carbocycles. The van der Waals surface area contributed by atoms with E-state index in [0.29, 0.717) is 0 Å². The van der Waals surface area contributed by atoms with E-state index in [4.69, 9.17) is 23.8 Å². The summed E-state index contributed by atoms with van der Waals surface area (Å²) in [5.74, 6) is -0.873. The highest BCUT2D eigenvalue weighted by Crippen LogP contribution is 2.28. The molecule has 10 atom stereocenters. The van der Waals surface area contributed by atoms with Crippen LogP contribution < -0.4 is 10.8 Å². The first kappa shape index (κ1) is 29.5. The van der Waals surface area contributed by atoms with Gasteiger partial charge in [0.1, 0.15) is 54.4 Å². The normalized spacial score (nSPS) is 38.0. The standard InChI is InChI=1S/C19H34N2O14/c1-19(2,3)35-18(30)21-31-6-9(24)20-16-13(28)12(27)15(8(5-23)32-16)34-17-14(29)11(26)10(25)7(4-22)33-17/h7-8,10-17,22-23,25-29H,4-6H2,1-3H3,(H,20,24)(H,21,30)/t7?,8?,10-,11-,12+,13?,14?,15+,16+,17-/m0/s1. The summed E-state index contributed by atoms with van der Waals surface area (Å²) in [6.07, 6.45) is -17.1. The van der Waals surface area contributed by atoms with E-state index in [1.54, 1.807) is 20.8 Å². The van der Waals surface area contributed by atoms with Crippen molar-refractivity contribution >= 4 is 12.0 Å². The predicted octanol–water partition coefficient (Wildman–Crippen LogP) is -4.82. The lowest BCUT2D eigenvalue weighted by Crippen LogP contribution is -2.66. The number of hydrogen-bond acceptors (Lipinski definition) is 14. The molecule has 16 heteroatoms. The highest BCUT2D eigenvalue weighted by molar-refractivity contribution is 5.77. The number of hydrogen-bond donors (Lipinski definition) is 9. The third-order valence-corrected chi connectivity index (χ3v) is 5.07. The Balaban J connectivity index is 1.93. The van der Waals surface area contributed by atoms with E-state index in [-0.39, 0.29) is 0 Å². The molecule has 2 saturated heterocycles. The molecule has 0 radical (unpaired) electrons. The molecular weight excluding hydrogens is 480 g/mol. The fraction of sp³-hybridized carbons (Fsp3) is 0.895. The lowest BCUT2D eigenvalue weighted by Gasteiger charge is -2.46. The van der Waals surface area contributed by atoms with Gasteiger partial charge < -0.3 is 60.0 Å². The fourth-order valence-electron chi connectivity index (χ4n) is 3.37. The lowest BCUT2D eigenvalue weighted by molar-refractivity contribution is -0.343. The summed E-state index contributed by atoms with van der Waals surface area (Å²) in [6, 6.07) is 0. The topological polar surface area (TPSA) is 246 Å². The van der Waals surface area contributed by atoms with E-state index in [9.17, 15) is 45.3 Å². The van der Waals surface area contributed by atoms with Crippen LogP contribution in [0.4, 0.5) is 4.79 Å². The van der Waals surface area contributed by atoms with Crippen LogP contribution in [0.3, 0.4) is 0 Å². The van der Waals surface area contributed by atoms with Crippen LogP contribution in [0.5, 0.6) is 0 Å². The van der Waals surface area contributed by atoms with E-state index in [1.165, 1.54) is 0 Å². The van der Waals surface area contributed by atoms with Gasteiger partial charge in [-0.1, -0.05) is 0 Å². The highest BCUT2D eigenvalue weighted by Gasteiger charge is 2.50. The van der Waals surface area contributed by atoms with Crippen molar-refractivity contribution in [3.8, 4) is 0 Å². The van der Waals surface area contributed by atoms with Crippen molar-refractivity contribution in [2.45, 2.75) is 87.7 Å². The van der Waals surface area contributed by atoms with E-state index in [0.717, 1.165) is 0 Å². The molecule has 16 nitrogen and oxygen atoms in total. The number of aliphatic hydroxyl groups excluding tert-OH is 7. The van der Waals surface area contributed by atoms with Gasteiger partial charge in [-0.3, -0.25) is 9.63 Å². The number of aliphatic hydroxyl groups is 7. The van der Waals surface area contributed by atoms with Crippen molar-refractivity contribution < 1.29 is 69.1 Å². The van der Waals surface area contributed by atoms with Gasteiger partial charge in [0.2, 0.25) is 0 Å². The molecule has 2 rings (SSSR count). The van der Waals surface area contributed by atoms with Crippen LogP contribution in [0.15, 0.2) is 0 Å². The summed E-state index contributed by atoms with van der Waals surface area (Å²) in [5, 5.41) is 71.9. The molecule has 204 valence electrons. The number of carbonyl (C=O) groups is 2. The second kappa shape index (κ2) is 12.5. The summed E-state index contributed by atoms with van der Waals surface area (Å²) in [4.78, 5) is 28.3. The molecule has 0 aromatic rings. The van der Waals surface area contributed by atoms with Crippen molar-refractivity contribution in [2.75, 3.05) is 19.8 Å². The molecule has 4 unspecified atom stereocenters. The number of hydroxylamine groups is 1. The Kier molecular flexibility index (Phi) is 10.6. The van der Waals surface area contributed by atoms with E-state index < -0.39 is 98.8 Å². The largest absolute Gasteiger partial charge is 0.442 e. The van der Waals surface area contributed by atoms with Crippen LogP contribution in [0.2, 0.25) is 0 Å². The number of rotatable bonds is 8. The monoisotopic (exact) mass is 514 g/mol. The molecule has 2 amide bonds. The highest BCUT2D eigenvalue weighted by atomic mass is 16.7. The molecule has 0 aromatic carbocycles. The molecule has 0 bridgehead atoms. The molecule has 0 saturated carbocycles. The van der Waals surface area contributed by atoms with Gasteiger partial charge in [0.25, 0.3) is 5.91 Å². The molecule has 2 heterocycles. The predicted molar refractivity (Wildman–Crippen MR) is 110 cm³/mol. The first-order chi connectivity index (χ1) is 16.3. The van der Waals surface area contributed by atoms with Crippen LogP contribution in [0.1, 0.15) is 20.8 Å². The van der Waals surface area contributed by atoms with Crippen molar-refractivity contribution in [3.05, 3.63) is 0 Å². The Morgan fingerprint density at radius 3 is 2.06 bits per heavy atom. The van der Waals surface area contributed by atoms with Crippen LogP contribution in [-0.4, -0.2) is 135 Å². The minimum Gasteiger partial charge on any atom is -0.442 e. The maximum Gasteiger partial charge on any atom is 0.431 e. The molecule has 0 aromatic heterocycles. The Morgan fingerprint density at radius 2 is 1.49 bits per heavy atom. The second-order valence-corrected chi connectivity index (χ2v) is 9.02. The number of ether oxygens (including phenoxy) is 4. The molecule has 0 spiro atoms. The molecular formula is C19H34N2O14. The van der Waals surface area contributed by atoms with Crippen molar-refractivity contribution in [3.63, 3.8) is 0 Å². The van der Waals surface area contributed by atoms with E-state index in [2.05, 4.69) is 5.32 Å². The Bertz CT molecular complexity index is 702. The summed E-state index contributed by atoms with van der Waals surface area (Å²) in [6.45, 7) is 2.67. The second-order valence-electron chi connectivity index (χ2n) is 9.02. The maximum atomic E-state index is 12.1. The lowest BCUT2D eigenvalue weighted by atomic mass is 9.96. The van der Waals surface area contributed by atoms with Gasteiger partial charge in [-0.2, -0.15) is 5.48 Å². The van der Waals surface area contributed by atoms with Crippen LogP contribution >= 0.6 is 0 Å². The van der Waals surface area contributed by atoms with Crippen molar-refractivity contribution in [1.82, 2.24) is 10.8 Å². The minimum atomic E-state index is -1.80. The van der Waals surface area contributed by atoms with Gasteiger partial charge in [0, 0.05) is 0 Å². The Labute approximate surface area is 200 Å². The molecule has 2 fully saturated rings. The van der Waals surface area contributed by atoms with E-state index >= 15 is 0 Å². The van der Waals surface area contributed by atoms with Crippen LogP contribution in [0.25, 0.3) is 0 Å². The Morgan fingerprint density at radius 1 is 0.857 bits per heavy atom. The summed E-state index contributed by atoms with van der Waals surface area (Å²) in [5.41, 5.74) is 1.10. The summed E-state index contributed by atoms with van der Waals surface area (Å²) in [7, 11) is 0. The Hall–Kier alpha value is -1.70. The quantitative estimate of drug-likeness (QED) is 0.138. The number of nitrogens with one attached hydrogen (secondary N) is 2. The third kappa shape index (κ3) is 7.89. The smallest absolute Gasteiger partial charge is 0.431 e. The summed E-state index contributed by atoms with van der Waals surface area (Å²) < 4.78 is 20.9. The van der Waals surface area contributed by atoms with Gasteiger partial charge in [-0.25, -0.2) is 4.79 Å². The summed E-state index contributed by atoms with van der Waals surface area (Å²) >= 11 is 0. The molecule has 9 N–H and O–H groups in total. The zero-order valence-corrected chi connectivity index (χ0v) is 19.4. The number of amides is 2. The number of carbonyl (C=O) groups excluding carboxylic acids is 2. The maximum absolute atomic E-state index is 12.1. The first-order valence-corrected chi connectivity index (χ1v) is 10.8. The molecule has 35 heavy (non-hydrogen) atoms. The zero-order chi connectivity index (χ0) is 26.5. The SMILES string of the molecule is CC(C)(C)OC(=O)NOCC(=O)N[C@@H]1OC(CO)[C@@H](O[C@@H]2OC(CO)[C@H](O)[C@H](O)C2O)[C@H](O)C1O. The van der Waals surface area contributed by atoms with E-state index in [1.807, 2.05) is 5.48 Å². The minimum absolute atomic E-state index is 0.712. The van der Waals surface area contributed by atoms with Gasteiger partial charge >= 0.3 is 6.09 Å². The first-order valence-electron chi connectivity index (χ1n) is 10.8. The van der Waals surface area contributed by atoms with Crippen LogP contribution in [-0.2, 0) is 28.6 Å². The molecule has 2 aliphatic heterocycles. The van der Waals surface area contributed by atoms with Crippen molar-refractivity contribution in [1.29, 1.82) is 0 Å². The average Bonchev–Trinajstić information content (AvgIpc) is 2.77. The zero-order valence-electron chi connectivity index (χ0n) is 19.4.